The van der Waals surface area contributed by atoms with Crippen molar-refractivity contribution in [3.8, 4) is 0 Å². The molecule has 1 saturated heterocycles. The third-order valence-electron chi connectivity index (χ3n) is 5.33. The Morgan fingerprint density at radius 1 is 1.22 bits per heavy atom. The van der Waals surface area contributed by atoms with E-state index in [2.05, 4.69) is 23.5 Å². The molecule has 2 saturated carbocycles. The first-order valence-corrected chi connectivity index (χ1v) is 7.94. The van der Waals surface area contributed by atoms with Gasteiger partial charge in [-0.3, -0.25) is 0 Å². The van der Waals surface area contributed by atoms with Gasteiger partial charge in [-0.25, -0.2) is 0 Å². The fourth-order valence-electron chi connectivity index (χ4n) is 3.97. The summed E-state index contributed by atoms with van der Waals surface area (Å²) < 4.78 is 3.35. The molecule has 0 aromatic heterocycles. The predicted molar refractivity (Wildman–Crippen MR) is 76.1 cm³/mol. The second-order valence-electron chi connectivity index (χ2n) is 6.59. The van der Waals surface area contributed by atoms with E-state index in [9.17, 15) is 4.91 Å². The first-order chi connectivity index (χ1) is 8.62. The van der Waals surface area contributed by atoms with Crippen molar-refractivity contribution in [2.45, 2.75) is 43.3 Å². The SMILES string of the molecule is [CH2]C1(C(SN=O)(C2CC2)C2CC2)CCN(C)CC1. The topological polar surface area (TPSA) is 32.7 Å². The van der Waals surface area contributed by atoms with Gasteiger partial charge >= 0.3 is 0 Å². The summed E-state index contributed by atoms with van der Waals surface area (Å²) >= 11 is 1.36. The van der Waals surface area contributed by atoms with Crippen molar-refractivity contribution in [3.63, 3.8) is 0 Å². The van der Waals surface area contributed by atoms with Gasteiger partial charge in [0.15, 0.2) is 0 Å². The molecule has 0 aromatic rings. The van der Waals surface area contributed by atoms with Crippen LogP contribution in [0.3, 0.4) is 0 Å². The van der Waals surface area contributed by atoms with Crippen LogP contribution in [-0.4, -0.2) is 29.8 Å². The number of nitroso groups, excluding NO2 is 1. The molecule has 0 N–H and O–H groups in total. The van der Waals surface area contributed by atoms with Gasteiger partial charge in [-0.15, -0.1) is 4.91 Å². The first-order valence-electron chi connectivity index (χ1n) is 7.17. The summed E-state index contributed by atoms with van der Waals surface area (Å²) in [6.45, 7) is 6.86. The van der Waals surface area contributed by atoms with Crippen LogP contribution in [0.1, 0.15) is 38.5 Å². The standard InChI is InChI=1S/C14H23N2OS/c1-13(7-9-16(2)10-8-13)14(18-15-17,11-3-4-11)12-5-6-12/h11-12H,1,3-10H2,2H3. The molecule has 0 unspecified atom stereocenters. The van der Waals surface area contributed by atoms with Crippen molar-refractivity contribution in [3.05, 3.63) is 11.8 Å². The first kappa shape index (κ1) is 12.9. The van der Waals surface area contributed by atoms with E-state index in [1.165, 1.54) is 37.6 Å². The molecule has 2 aliphatic carbocycles. The molecule has 1 radical (unpaired) electrons. The van der Waals surface area contributed by atoms with E-state index < -0.39 is 0 Å². The van der Waals surface area contributed by atoms with Gasteiger partial charge in [-0.05, 0) is 82.8 Å². The lowest BCUT2D eigenvalue weighted by atomic mass is 9.65. The molecule has 0 spiro atoms. The molecule has 0 amide bonds. The lowest BCUT2D eigenvalue weighted by molar-refractivity contribution is 0.0984. The average molecular weight is 267 g/mol. The number of nitrogens with zero attached hydrogens (tertiary/aromatic N) is 2. The molecule has 18 heavy (non-hydrogen) atoms. The van der Waals surface area contributed by atoms with Crippen molar-refractivity contribution >= 4 is 11.9 Å². The molecule has 0 atom stereocenters. The van der Waals surface area contributed by atoms with Gasteiger partial charge in [0.05, 0.1) is 4.75 Å². The molecule has 0 bridgehead atoms. The maximum atomic E-state index is 11.0. The smallest absolute Gasteiger partial charge is 0.0525 e. The number of hydrogen-bond acceptors (Lipinski definition) is 4. The zero-order valence-corrected chi connectivity index (χ0v) is 12.0. The minimum atomic E-state index is 0.0655. The largest absolute Gasteiger partial charge is 0.306 e. The van der Waals surface area contributed by atoms with Crippen molar-refractivity contribution in [2.24, 2.45) is 21.8 Å². The van der Waals surface area contributed by atoms with Crippen molar-refractivity contribution < 1.29 is 0 Å². The molecule has 0 aromatic carbocycles. The minimum absolute atomic E-state index is 0.0655. The van der Waals surface area contributed by atoms with Gasteiger partial charge in [-0.1, -0.05) is 0 Å². The van der Waals surface area contributed by atoms with Crippen LogP contribution in [0.5, 0.6) is 0 Å². The molecular formula is C14H23N2OS. The summed E-state index contributed by atoms with van der Waals surface area (Å²) in [5, 5.41) is 0. The Balaban J connectivity index is 1.89. The Hall–Kier alpha value is -0.0900. The van der Waals surface area contributed by atoms with Crippen LogP contribution < -0.4 is 0 Å². The van der Waals surface area contributed by atoms with Crippen molar-refractivity contribution in [1.82, 2.24) is 4.90 Å². The molecule has 1 aliphatic heterocycles. The zero-order valence-electron chi connectivity index (χ0n) is 11.2. The highest BCUT2D eigenvalue weighted by atomic mass is 32.2. The number of likely N-dealkylation sites (tertiary alicyclic amines) is 1. The summed E-state index contributed by atoms with van der Waals surface area (Å²) in [4.78, 5) is 13.4. The van der Waals surface area contributed by atoms with Crippen LogP contribution in [-0.2, 0) is 0 Å². The monoisotopic (exact) mass is 267 g/mol. The molecule has 3 aliphatic rings. The minimum Gasteiger partial charge on any atom is -0.306 e. The Bertz CT molecular complexity index is 319. The Labute approximate surface area is 114 Å². The fraction of sp³-hybridized carbons (Fsp3) is 0.929. The maximum absolute atomic E-state index is 11.0. The van der Waals surface area contributed by atoms with E-state index in [0.717, 1.165) is 25.9 Å². The normalized spacial score (nSPS) is 29.2. The van der Waals surface area contributed by atoms with E-state index in [1.807, 2.05) is 0 Å². The lowest BCUT2D eigenvalue weighted by Gasteiger charge is -2.51. The van der Waals surface area contributed by atoms with Crippen molar-refractivity contribution in [2.75, 3.05) is 20.1 Å². The van der Waals surface area contributed by atoms with Crippen molar-refractivity contribution in [1.29, 1.82) is 0 Å². The molecule has 101 valence electrons. The fourth-order valence-corrected chi connectivity index (χ4v) is 5.26. The van der Waals surface area contributed by atoms with Crippen LogP contribution in [0, 0.1) is 29.1 Å². The van der Waals surface area contributed by atoms with Crippen LogP contribution in [0.4, 0.5) is 0 Å². The number of piperidine rings is 1. The Morgan fingerprint density at radius 2 is 1.72 bits per heavy atom. The van der Waals surface area contributed by atoms with Gasteiger partial charge in [0.25, 0.3) is 0 Å². The Morgan fingerprint density at radius 3 is 2.11 bits per heavy atom. The number of rotatable bonds is 5. The van der Waals surface area contributed by atoms with E-state index in [1.54, 1.807) is 0 Å². The summed E-state index contributed by atoms with van der Waals surface area (Å²) in [6.07, 6.45) is 7.38. The summed E-state index contributed by atoms with van der Waals surface area (Å²) in [7, 11) is 2.18. The lowest BCUT2D eigenvalue weighted by Crippen LogP contribution is -2.52. The average Bonchev–Trinajstić information content (AvgIpc) is 3.21. The van der Waals surface area contributed by atoms with Crippen LogP contribution in [0.25, 0.3) is 0 Å². The van der Waals surface area contributed by atoms with Crippen LogP contribution in [0.2, 0.25) is 0 Å². The Kier molecular flexibility index (Phi) is 3.22. The highest BCUT2D eigenvalue weighted by Crippen LogP contribution is 2.68. The molecule has 3 fully saturated rings. The summed E-state index contributed by atoms with van der Waals surface area (Å²) in [5.41, 5.74) is 0.0699. The van der Waals surface area contributed by atoms with Crippen LogP contribution >= 0.6 is 11.9 Å². The van der Waals surface area contributed by atoms with Gasteiger partial charge in [0, 0.05) is 16.5 Å². The highest BCUT2D eigenvalue weighted by Gasteiger charge is 2.64. The molecule has 3 rings (SSSR count). The van der Waals surface area contributed by atoms with Gasteiger partial charge < -0.3 is 4.90 Å². The summed E-state index contributed by atoms with van der Waals surface area (Å²) in [5.74, 6) is 1.40. The third kappa shape index (κ3) is 1.92. The third-order valence-corrected chi connectivity index (χ3v) is 6.81. The van der Waals surface area contributed by atoms with Gasteiger partial charge in [0.1, 0.15) is 0 Å². The molecule has 3 nitrogen and oxygen atoms in total. The second-order valence-corrected chi connectivity index (χ2v) is 7.60. The molecular weight excluding hydrogens is 244 g/mol. The van der Waals surface area contributed by atoms with E-state index >= 15 is 0 Å². The van der Waals surface area contributed by atoms with E-state index in [-0.39, 0.29) is 10.2 Å². The van der Waals surface area contributed by atoms with E-state index in [4.69, 9.17) is 0 Å². The molecule has 1 heterocycles. The number of hydrogen-bond donors (Lipinski definition) is 0. The van der Waals surface area contributed by atoms with Gasteiger partial charge in [0.2, 0.25) is 0 Å². The second kappa shape index (κ2) is 4.48. The highest BCUT2D eigenvalue weighted by molar-refractivity contribution is 7.99. The quantitative estimate of drug-likeness (QED) is 0.564. The van der Waals surface area contributed by atoms with Crippen LogP contribution in [0.15, 0.2) is 4.58 Å². The predicted octanol–water partition coefficient (Wildman–Crippen LogP) is 3.51. The summed E-state index contributed by atoms with van der Waals surface area (Å²) in [6, 6.07) is 0. The molecule has 4 heteroatoms. The maximum Gasteiger partial charge on any atom is 0.0525 e. The zero-order chi connectivity index (χ0) is 12.8. The van der Waals surface area contributed by atoms with Gasteiger partial charge in [-0.2, -0.15) is 0 Å². The van der Waals surface area contributed by atoms with E-state index in [0.29, 0.717) is 11.8 Å².